The number of carboxylic acids is 1. The van der Waals surface area contributed by atoms with Gasteiger partial charge in [0, 0.05) is 11.8 Å². The van der Waals surface area contributed by atoms with Gasteiger partial charge >= 0.3 is 5.97 Å². The van der Waals surface area contributed by atoms with Crippen molar-refractivity contribution in [2.24, 2.45) is 0 Å². The summed E-state index contributed by atoms with van der Waals surface area (Å²) in [4.78, 5) is 11.0. The van der Waals surface area contributed by atoms with Crippen LogP contribution in [0.15, 0.2) is 78.7 Å². The highest BCUT2D eigenvalue weighted by molar-refractivity contribution is 5.88. The normalized spacial score (nSPS) is 16.1. The topological polar surface area (TPSA) is 73.6 Å². The summed E-state index contributed by atoms with van der Waals surface area (Å²) in [5.41, 5.74) is 3.05. The molecule has 0 spiro atoms. The van der Waals surface area contributed by atoms with Crippen LogP contribution in [0.4, 0.5) is 0 Å². The van der Waals surface area contributed by atoms with Gasteiger partial charge in [0.05, 0.1) is 11.8 Å². The standard InChI is InChI=1S/C20H16N2O4/c23-20(24)16-8-6-14(7-9-16)17-10-21-22(11-17)19-13-25-12-18(26-19)15-4-2-1-3-5-15/h1-2,4,6-13H,3,5H2,(H,23,24). The summed E-state index contributed by atoms with van der Waals surface area (Å²) >= 11 is 0. The molecule has 0 fully saturated rings. The van der Waals surface area contributed by atoms with Gasteiger partial charge in [0.2, 0.25) is 0 Å². The van der Waals surface area contributed by atoms with Crippen LogP contribution >= 0.6 is 0 Å². The lowest BCUT2D eigenvalue weighted by Gasteiger charge is -2.19. The number of rotatable bonds is 4. The predicted octanol–water partition coefficient (Wildman–Crippen LogP) is 4.17. The summed E-state index contributed by atoms with van der Waals surface area (Å²) in [7, 11) is 0. The molecule has 2 aromatic rings. The first kappa shape index (κ1) is 16.0. The molecule has 1 aliphatic heterocycles. The Kier molecular flexibility index (Phi) is 4.15. The highest BCUT2D eigenvalue weighted by atomic mass is 16.6. The van der Waals surface area contributed by atoms with E-state index in [1.54, 1.807) is 41.4 Å². The first-order valence-corrected chi connectivity index (χ1v) is 8.19. The average molecular weight is 348 g/mol. The van der Waals surface area contributed by atoms with Crippen LogP contribution in [-0.4, -0.2) is 20.9 Å². The number of ether oxygens (including phenoxy) is 2. The second kappa shape index (κ2) is 6.76. The molecule has 1 aromatic carbocycles. The molecular formula is C20H16N2O4. The molecule has 130 valence electrons. The number of hydrogen-bond donors (Lipinski definition) is 1. The summed E-state index contributed by atoms with van der Waals surface area (Å²) in [6.07, 6.45) is 14.6. The van der Waals surface area contributed by atoms with E-state index in [2.05, 4.69) is 11.2 Å². The minimum absolute atomic E-state index is 0.248. The van der Waals surface area contributed by atoms with Crippen molar-refractivity contribution in [3.63, 3.8) is 0 Å². The van der Waals surface area contributed by atoms with E-state index in [9.17, 15) is 4.79 Å². The summed E-state index contributed by atoms with van der Waals surface area (Å²) < 4.78 is 12.9. The largest absolute Gasteiger partial charge is 0.478 e. The van der Waals surface area contributed by atoms with E-state index in [4.69, 9.17) is 14.6 Å². The number of aromatic carboxylic acids is 1. The van der Waals surface area contributed by atoms with Crippen LogP contribution in [-0.2, 0) is 9.47 Å². The number of carbonyl (C=O) groups is 1. The second-order valence-corrected chi connectivity index (χ2v) is 5.89. The van der Waals surface area contributed by atoms with Crippen LogP contribution in [0.2, 0.25) is 0 Å². The second-order valence-electron chi connectivity index (χ2n) is 5.89. The summed E-state index contributed by atoms with van der Waals surface area (Å²) in [5.74, 6) is 0.192. The fourth-order valence-corrected chi connectivity index (χ4v) is 2.76. The molecule has 4 rings (SSSR count). The molecule has 0 amide bonds. The Hall–Kier alpha value is -3.54. The molecule has 0 saturated heterocycles. The maximum absolute atomic E-state index is 11.0. The van der Waals surface area contributed by atoms with Crippen molar-refractivity contribution >= 4 is 11.9 Å². The average Bonchev–Trinajstić information content (AvgIpc) is 3.19. The van der Waals surface area contributed by atoms with E-state index >= 15 is 0 Å². The molecule has 0 atom stereocenters. The van der Waals surface area contributed by atoms with E-state index in [-0.39, 0.29) is 5.56 Å². The monoisotopic (exact) mass is 348 g/mol. The Morgan fingerprint density at radius 3 is 2.73 bits per heavy atom. The zero-order chi connectivity index (χ0) is 17.9. The Bertz CT molecular complexity index is 962. The third-order valence-corrected chi connectivity index (χ3v) is 4.16. The molecule has 1 N–H and O–H groups in total. The molecule has 26 heavy (non-hydrogen) atoms. The minimum atomic E-state index is -0.948. The van der Waals surface area contributed by atoms with Crippen molar-refractivity contribution in [3.05, 3.63) is 84.3 Å². The lowest BCUT2D eigenvalue weighted by atomic mass is 10.0. The van der Waals surface area contributed by atoms with E-state index in [0.29, 0.717) is 11.6 Å². The van der Waals surface area contributed by atoms with Crippen LogP contribution < -0.4 is 0 Å². The van der Waals surface area contributed by atoms with E-state index < -0.39 is 5.97 Å². The van der Waals surface area contributed by atoms with Gasteiger partial charge in [-0.3, -0.25) is 0 Å². The lowest BCUT2D eigenvalue weighted by Crippen LogP contribution is -2.08. The maximum Gasteiger partial charge on any atom is 0.335 e. The van der Waals surface area contributed by atoms with Crippen molar-refractivity contribution in [1.29, 1.82) is 0 Å². The van der Waals surface area contributed by atoms with Crippen molar-refractivity contribution < 1.29 is 19.4 Å². The fraction of sp³-hybridized carbons (Fsp3) is 0.100. The van der Waals surface area contributed by atoms with Crippen molar-refractivity contribution in [2.75, 3.05) is 0 Å². The van der Waals surface area contributed by atoms with Gasteiger partial charge in [-0.1, -0.05) is 30.4 Å². The molecule has 0 unspecified atom stereocenters. The highest BCUT2D eigenvalue weighted by Gasteiger charge is 2.17. The van der Waals surface area contributed by atoms with Gasteiger partial charge in [0.25, 0.3) is 5.88 Å². The smallest absolute Gasteiger partial charge is 0.335 e. The van der Waals surface area contributed by atoms with Crippen molar-refractivity contribution in [3.8, 4) is 11.1 Å². The SMILES string of the molecule is O=C(O)c1ccc(-c2cnn(C3=COC=C(C4=CC=CCC4)O3)c2)cc1. The summed E-state index contributed by atoms with van der Waals surface area (Å²) in [6.45, 7) is 0. The number of nitrogens with zero attached hydrogens (tertiary/aromatic N) is 2. The zero-order valence-electron chi connectivity index (χ0n) is 13.8. The Morgan fingerprint density at radius 2 is 2.00 bits per heavy atom. The van der Waals surface area contributed by atoms with Gasteiger partial charge in [-0.15, -0.1) is 0 Å². The van der Waals surface area contributed by atoms with Crippen LogP contribution in [0.3, 0.4) is 0 Å². The van der Waals surface area contributed by atoms with Gasteiger partial charge in [0.1, 0.15) is 6.26 Å². The summed E-state index contributed by atoms with van der Waals surface area (Å²) in [5, 5.41) is 13.3. The number of allylic oxidation sites excluding steroid dienone is 4. The van der Waals surface area contributed by atoms with E-state index in [0.717, 1.165) is 29.5 Å². The Balaban J connectivity index is 1.53. The quantitative estimate of drug-likeness (QED) is 0.898. The predicted molar refractivity (Wildman–Crippen MR) is 95.6 cm³/mol. The summed E-state index contributed by atoms with van der Waals surface area (Å²) in [6, 6.07) is 6.64. The molecule has 1 aromatic heterocycles. The number of aromatic nitrogens is 2. The van der Waals surface area contributed by atoms with Crippen molar-refractivity contribution in [2.45, 2.75) is 12.8 Å². The molecule has 6 heteroatoms. The third-order valence-electron chi connectivity index (χ3n) is 4.16. The van der Waals surface area contributed by atoms with Crippen LogP contribution in [0.25, 0.3) is 17.0 Å². The molecule has 1 aliphatic carbocycles. The molecule has 0 radical (unpaired) electrons. The zero-order valence-corrected chi connectivity index (χ0v) is 13.8. The molecule has 0 saturated carbocycles. The lowest BCUT2D eigenvalue weighted by molar-refractivity contribution is 0.0697. The van der Waals surface area contributed by atoms with Crippen molar-refractivity contribution in [1.82, 2.24) is 9.78 Å². The Morgan fingerprint density at radius 1 is 1.15 bits per heavy atom. The first-order valence-electron chi connectivity index (χ1n) is 8.19. The van der Waals surface area contributed by atoms with Gasteiger partial charge < -0.3 is 14.6 Å². The van der Waals surface area contributed by atoms with E-state index in [1.807, 2.05) is 18.3 Å². The number of hydrogen-bond acceptors (Lipinski definition) is 4. The molecule has 6 nitrogen and oxygen atoms in total. The maximum atomic E-state index is 11.0. The fourth-order valence-electron chi connectivity index (χ4n) is 2.76. The molecule has 2 aliphatic rings. The first-order chi connectivity index (χ1) is 12.7. The van der Waals surface area contributed by atoms with Gasteiger partial charge in [-0.05, 0) is 36.1 Å². The van der Waals surface area contributed by atoms with Crippen LogP contribution in [0.5, 0.6) is 0 Å². The van der Waals surface area contributed by atoms with Crippen LogP contribution in [0.1, 0.15) is 23.2 Å². The number of carboxylic acid groups (broad SMARTS) is 1. The molecule has 2 heterocycles. The molecule has 0 bridgehead atoms. The molecular weight excluding hydrogens is 332 g/mol. The Labute approximate surface area is 150 Å². The van der Waals surface area contributed by atoms with Gasteiger partial charge in [-0.25, -0.2) is 9.48 Å². The number of benzene rings is 1. The highest BCUT2D eigenvalue weighted by Crippen LogP contribution is 2.28. The van der Waals surface area contributed by atoms with Crippen LogP contribution in [0, 0.1) is 0 Å². The van der Waals surface area contributed by atoms with Gasteiger partial charge in [0.15, 0.2) is 12.0 Å². The van der Waals surface area contributed by atoms with Gasteiger partial charge in [-0.2, -0.15) is 5.10 Å². The van der Waals surface area contributed by atoms with E-state index in [1.165, 1.54) is 6.26 Å². The minimum Gasteiger partial charge on any atom is -0.478 e. The third kappa shape index (κ3) is 3.17.